The molecule has 0 aliphatic carbocycles. The van der Waals surface area contributed by atoms with Crippen molar-refractivity contribution in [3.63, 3.8) is 0 Å². The molecule has 1 rings (SSSR count). The molecule has 1 heterocycles. The lowest BCUT2D eigenvalue weighted by Crippen LogP contribution is -2.34. The SMILES string of the molecule is CN(CCCCC(C)(C)C(=O)O)CC1CCCCO1. The summed E-state index contributed by atoms with van der Waals surface area (Å²) in [4.78, 5) is 13.3. The van der Waals surface area contributed by atoms with Gasteiger partial charge in [-0.15, -0.1) is 0 Å². The van der Waals surface area contributed by atoms with Crippen LogP contribution >= 0.6 is 0 Å². The maximum atomic E-state index is 11.0. The summed E-state index contributed by atoms with van der Waals surface area (Å²) >= 11 is 0. The van der Waals surface area contributed by atoms with Gasteiger partial charge in [0.15, 0.2) is 0 Å². The second-order valence-electron chi connectivity index (χ2n) is 6.40. The largest absolute Gasteiger partial charge is 0.481 e. The zero-order valence-corrected chi connectivity index (χ0v) is 12.7. The van der Waals surface area contributed by atoms with Gasteiger partial charge in [0, 0.05) is 13.2 Å². The lowest BCUT2D eigenvalue weighted by atomic mass is 9.87. The molecule has 1 aliphatic rings. The Kier molecular flexibility index (Phi) is 6.80. The molecule has 0 aromatic carbocycles. The molecule has 1 saturated heterocycles. The first-order chi connectivity index (χ1) is 8.92. The average Bonchev–Trinajstić information content (AvgIpc) is 2.36. The number of unbranched alkanes of at least 4 members (excludes halogenated alkanes) is 1. The Morgan fingerprint density at radius 2 is 2.11 bits per heavy atom. The van der Waals surface area contributed by atoms with Gasteiger partial charge in [0.05, 0.1) is 11.5 Å². The summed E-state index contributed by atoms with van der Waals surface area (Å²) in [7, 11) is 2.13. The predicted molar refractivity (Wildman–Crippen MR) is 76.4 cm³/mol. The Morgan fingerprint density at radius 3 is 2.68 bits per heavy atom. The van der Waals surface area contributed by atoms with Crippen LogP contribution in [0.4, 0.5) is 0 Å². The second-order valence-corrected chi connectivity index (χ2v) is 6.40. The van der Waals surface area contributed by atoms with Crippen LogP contribution < -0.4 is 0 Å². The fourth-order valence-electron chi connectivity index (χ4n) is 2.45. The molecular weight excluding hydrogens is 242 g/mol. The molecule has 1 unspecified atom stereocenters. The smallest absolute Gasteiger partial charge is 0.309 e. The van der Waals surface area contributed by atoms with Crippen molar-refractivity contribution in [3.8, 4) is 0 Å². The summed E-state index contributed by atoms with van der Waals surface area (Å²) in [6, 6.07) is 0. The molecule has 0 bridgehead atoms. The number of carbonyl (C=O) groups is 1. The molecule has 1 N–H and O–H groups in total. The molecule has 0 aromatic heterocycles. The lowest BCUT2D eigenvalue weighted by Gasteiger charge is -2.27. The maximum Gasteiger partial charge on any atom is 0.309 e. The molecule has 4 heteroatoms. The van der Waals surface area contributed by atoms with Crippen molar-refractivity contribution in [2.45, 2.75) is 58.5 Å². The highest BCUT2D eigenvalue weighted by molar-refractivity contribution is 5.73. The number of nitrogens with zero attached hydrogens (tertiary/aromatic N) is 1. The molecule has 1 fully saturated rings. The standard InChI is InChI=1S/C15H29NO3/c1-15(2,14(17)18)9-5-6-10-16(3)12-13-8-4-7-11-19-13/h13H,4-12H2,1-3H3,(H,17,18). The van der Waals surface area contributed by atoms with E-state index in [4.69, 9.17) is 9.84 Å². The van der Waals surface area contributed by atoms with Crippen LogP contribution in [0.25, 0.3) is 0 Å². The van der Waals surface area contributed by atoms with Crippen LogP contribution in [-0.4, -0.2) is 48.8 Å². The van der Waals surface area contributed by atoms with Crippen molar-refractivity contribution in [2.75, 3.05) is 26.7 Å². The number of hydrogen-bond donors (Lipinski definition) is 1. The van der Waals surface area contributed by atoms with E-state index in [9.17, 15) is 4.79 Å². The van der Waals surface area contributed by atoms with E-state index in [1.165, 1.54) is 19.3 Å². The Bertz CT molecular complexity index is 273. The molecule has 0 saturated carbocycles. The molecule has 0 radical (unpaired) electrons. The van der Waals surface area contributed by atoms with Crippen molar-refractivity contribution in [2.24, 2.45) is 5.41 Å². The number of carboxylic acids is 1. The van der Waals surface area contributed by atoms with Crippen LogP contribution in [0.1, 0.15) is 52.4 Å². The van der Waals surface area contributed by atoms with E-state index in [1.807, 2.05) is 0 Å². The third kappa shape index (κ3) is 6.39. The van der Waals surface area contributed by atoms with Crippen molar-refractivity contribution >= 4 is 5.97 Å². The van der Waals surface area contributed by atoms with Gasteiger partial charge in [-0.05, 0) is 59.5 Å². The highest BCUT2D eigenvalue weighted by Gasteiger charge is 2.26. The molecule has 112 valence electrons. The normalized spacial score (nSPS) is 20.7. The van der Waals surface area contributed by atoms with E-state index in [2.05, 4.69) is 11.9 Å². The van der Waals surface area contributed by atoms with Crippen LogP contribution in [0, 0.1) is 5.41 Å². The topological polar surface area (TPSA) is 49.8 Å². The zero-order chi connectivity index (χ0) is 14.3. The fraction of sp³-hybridized carbons (Fsp3) is 0.933. The quantitative estimate of drug-likeness (QED) is 0.690. The van der Waals surface area contributed by atoms with Gasteiger partial charge < -0.3 is 14.7 Å². The molecule has 0 aromatic rings. The van der Waals surface area contributed by atoms with Crippen molar-refractivity contribution < 1.29 is 14.6 Å². The first kappa shape index (κ1) is 16.4. The van der Waals surface area contributed by atoms with Gasteiger partial charge in [0.1, 0.15) is 0 Å². The van der Waals surface area contributed by atoms with E-state index in [1.54, 1.807) is 13.8 Å². The van der Waals surface area contributed by atoms with E-state index in [-0.39, 0.29) is 0 Å². The van der Waals surface area contributed by atoms with Gasteiger partial charge in [-0.3, -0.25) is 4.79 Å². The number of rotatable bonds is 8. The van der Waals surface area contributed by atoms with Crippen LogP contribution in [0.15, 0.2) is 0 Å². The Hall–Kier alpha value is -0.610. The van der Waals surface area contributed by atoms with Crippen LogP contribution in [0.5, 0.6) is 0 Å². The first-order valence-electron chi connectivity index (χ1n) is 7.45. The van der Waals surface area contributed by atoms with Gasteiger partial charge in [0.2, 0.25) is 0 Å². The Balaban J connectivity index is 2.09. The third-order valence-corrected chi connectivity index (χ3v) is 3.96. The van der Waals surface area contributed by atoms with Gasteiger partial charge >= 0.3 is 5.97 Å². The molecule has 1 aliphatic heterocycles. The van der Waals surface area contributed by atoms with E-state index in [0.29, 0.717) is 6.10 Å². The zero-order valence-electron chi connectivity index (χ0n) is 12.7. The lowest BCUT2D eigenvalue weighted by molar-refractivity contribution is -0.147. The fourth-order valence-corrected chi connectivity index (χ4v) is 2.45. The second kappa shape index (κ2) is 7.85. The predicted octanol–water partition coefficient (Wildman–Crippen LogP) is 2.77. The molecule has 4 nitrogen and oxygen atoms in total. The summed E-state index contributed by atoms with van der Waals surface area (Å²) < 4.78 is 5.72. The van der Waals surface area contributed by atoms with Crippen molar-refractivity contribution in [1.29, 1.82) is 0 Å². The minimum Gasteiger partial charge on any atom is -0.481 e. The van der Waals surface area contributed by atoms with Crippen molar-refractivity contribution in [1.82, 2.24) is 4.90 Å². The highest BCUT2D eigenvalue weighted by atomic mass is 16.5. The average molecular weight is 271 g/mol. The van der Waals surface area contributed by atoms with Gasteiger partial charge in [-0.1, -0.05) is 6.42 Å². The summed E-state index contributed by atoms with van der Waals surface area (Å²) in [5, 5.41) is 9.04. The van der Waals surface area contributed by atoms with Gasteiger partial charge in [-0.25, -0.2) is 0 Å². The van der Waals surface area contributed by atoms with Crippen molar-refractivity contribution in [3.05, 3.63) is 0 Å². The minimum absolute atomic E-state index is 0.397. The summed E-state index contributed by atoms with van der Waals surface area (Å²) in [6.07, 6.45) is 6.83. The number of aliphatic carboxylic acids is 1. The Labute approximate surface area is 117 Å². The minimum atomic E-state index is -0.698. The van der Waals surface area contributed by atoms with E-state index >= 15 is 0 Å². The highest BCUT2D eigenvalue weighted by Crippen LogP contribution is 2.23. The maximum absolute atomic E-state index is 11.0. The summed E-state index contributed by atoms with van der Waals surface area (Å²) in [5.74, 6) is -0.698. The monoisotopic (exact) mass is 271 g/mol. The number of carboxylic acid groups (broad SMARTS) is 1. The summed E-state index contributed by atoms with van der Waals surface area (Å²) in [6.45, 7) is 6.53. The summed E-state index contributed by atoms with van der Waals surface area (Å²) in [5.41, 5.74) is -0.592. The van der Waals surface area contributed by atoms with E-state index in [0.717, 1.165) is 39.0 Å². The van der Waals surface area contributed by atoms with E-state index < -0.39 is 11.4 Å². The molecular formula is C15H29NO3. The number of likely N-dealkylation sites (N-methyl/N-ethyl adjacent to an activating group) is 1. The molecule has 1 atom stereocenters. The van der Waals surface area contributed by atoms with Gasteiger partial charge in [0.25, 0.3) is 0 Å². The number of ether oxygens (including phenoxy) is 1. The Morgan fingerprint density at radius 1 is 1.37 bits per heavy atom. The molecule has 0 spiro atoms. The van der Waals surface area contributed by atoms with Crippen LogP contribution in [0.2, 0.25) is 0 Å². The van der Waals surface area contributed by atoms with Crippen LogP contribution in [0.3, 0.4) is 0 Å². The third-order valence-electron chi connectivity index (χ3n) is 3.96. The first-order valence-corrected chi connectivity index (χ1v) is 7.45. The molecule has 19 heavy (non-hydrogen) atoms. The van der Waals surface area contributed by atoms with Crippen LogP contribution in [-0.2, 0) is 9.53 Å². The van der Waals surface area contributed by atoms with Gasteiger partial charge in [-0.2, -0.15) is 0 Å². The molecule has 0 amide bonds. The number of hydrogen-bond acceptors (Lipinski definition) is 3.